The Morgan fingerprint density at radius 3 is 3.00 bits per heavy atom. The van der Waals surface area contributed by atoms with Crippen LogP contribution in [-0.4, -0.2) is 37.5 Å². The summed E-state index contributed by atoms with van der Waals surface area (Å²) in [4.78, 5) is 2.22. The zero-order valence-corrected chi connectivity index (χ0v) is 12.1. The van der Waals surface area contributed by atoms with Gasteiger partial charge in [-0.1, -0.05) is 6.07 Å². The fourth-order valence-corrected chi connectivity index (χ4v) is 2.76. The summed E-state index contributed by atoms with van der Waals surface area (Å²) in [5.74, 6) is 0. The molecule has 1 aromatic carbocycles. The van der Waals surface area contributed by atoms with Crippen molar-refractivity contribution in [2.24, 2.45) is 5.73 Å². The first kappa shape index (κ1) is 13.8. The van der Waals surface area contributed by atoms with Crippen LogP contribution in [0.1, 0.15) is 18.5 Å². The van der Waals surface area contributed by atoms with Crippen molar-refractivity contribution in [3.05, 3.63) is 28.2 Å². The van der Waals surface area contributed by atoms with E-state index in [9.17, 15) is 0 Å². The molecule has 5 heteroatoms. The van der Waals surface area contributed by atoms with Crippen LogP contribution < -0.4 is 10.6 Å². The second-order valence-electron chi connectivity index (χ2n) is 4.62. The lowest BCUT2D eigenvalue weighted by Gasteiger charge is -2.34. The van der Waals surface area contributed by atoms with Crippen molar-refractivity contribution in [2.45, 2.75) is 19.1 Å². The fourth-order valence-electron chi connectivity index (χ4n) is 2.11. The average Bonchev–Trinajstić information content (AvgIpc) is 2.38. The molecule has 0 aliphatic carbocycles. The van der Waals surface area contributed by atoms with Crippen molar-refractivity contribution >= 4 is 21.6 Å². The molecular weight excluding hydrogens is 296 g/mol. The molecule has 0 spiro atoms. The number of nitrogens with two attached hydrogens (primary N) is 1. The van der Waals surface area contributed by atoms with E-state index in [1.54, 1.807) is 0 Å². The third-order valence-corrected chi connectivity index (χ3v) is 3.82. The van der Waals surface area contributed by atoms with Gasteiger partial charge in [-0.15, -0.1) is 0 Å². The Morgan fingerprint density at radius 1 is 1.61 bits per heavy atom. The minimum absolute atomic E-state index is 0.0326. The Morgan fingerprint density at radius 2 is 2.39 bits per heavy atom. The minimum atomic E-state index is -0.0984. The monoisotopic (exact) mass is 314 g/mol. The highest BCUT2D eigenvalue weighted by atomic mass is 79.9. The van der Waals surface area contributed by atoms with Crippen molar-refractivity contribution in [1.82, 2.24) is 0 Å². The second-order valence-corrected chi connectivity index (χ2v) is 5.48. The summed E-state index contributed by atoms with van der Waals surface area (Å²) in [6.07, 6.45) is -0.0984. The van der Waals surface area contributed by atoms with Crippen LogP contribution in [0.2, 0.25) is 0 Å². The summed E-state index contributed by atoms with van der Waals surface area (Å²) in [5.41, 5.74) is 8.10. The SMILES string of the molecule is C[C@H](N)c1ccc(N2CCOC(CO)C2)c(Br)c1. The summed E-state index contributed by atoms with van der Waals surface area (Å²) < 4.78 is 6.49. The molecule has 1 aromatic rings. The summed E-state index contributed by atoms with van der Waals surface area (Å²) in [6.45, 7) is 4.23. The lowest BCUT2D eigenvalue weighted by atomic mass is 10.1. The number of hydrogen-bond acceptors (Lipinski definition) is 4. The van der Waals surface area contributed by atoms with Crippen molar-refractivity contribution in [2.75, 3.05) is 31.2 Å². The van der Waals surface area contributed by atoms with Crippen LogP contribution in [0.25, 0.3) is 0 Å². The molecule has 2 atom stereocenters. The average molecular weight is 315 g/mol. The summed E-state index contributed by atoms with van der Waals surface area (Å²) in [6, 6.07) is 6.21. The van der Waals surface area contributed by atoms with E-state index in [1.807, 2.05) is 13.0 Å². The Balaban J connectivity index is 2.17. The Hall–Kier alpha value is -0.620. The van der Waals surface area contributed by atoms with E-state index >= 15 is 0 Å². The van der Waals surface area contributed by atoms with Crippen molar-refractivity contribution in [1.29, 1.82) is 0 Å². The number of anilines is 1. The molecule has 1 fully saturated rings. The highest BCUT2D eigenvalue weighted by Crippen LogP contribution is 2.30. The zero-order valence-electron chi connectivity index (χ0n) is 10.5. The van der Waals surface area contributed by atoms with Gasteiger partial charge in [0.15, 0.2) is 0 Å². The van der Waals surface area contributed by atoms with E-state index in [1.165, 1.54) is 0 Å². The van der Waals surface area contributed by atoms with Gasteiger partial charge in [-0.2, -0.15) is 0 Å². The molecule has 1 heterocycles. The van der Waals surface area contributed by atoms with E-state index in [4.69, 9.17) is 15.6 Å². The van der Waals surface area contributed by atoms with Crippen LogP contribution in [-0.2, 0) is 4.74 Å². The van der Waals surface area contributed by atoms with Gasteiger partial charge in [-0.05, 0) is 40.5 Å². The third-order valence-electron chi connectivity index (χ3n) is 3.18. The van der Waals surface area contributed by atoms with Crippen molar-refractivity contribution in [3.63, 3.8) is 0 Å². The van der Waals surface area contributed by atoms with Gasteiger partial charge in [-0.3, -0.25) is 0 Å². The largest absolute Gasteiger partial charge is 0.394 e. The Bertz CT molecular complexity index is 412. The van der Waals surface area contributed by atoms with E-state index in [0.717, 1.165) is 22.3 Å². The number of morpholine rings is 1. The maximum absolute atomic E-state index is 9.16. The fraction of sp³-hybridized carbons (Fsp3) is 0.538. The third kappa shape index (κ3) is 3.03. The number of aliphatic hydroxyl groups excluding tert-OH is 1. The van der Waals surface area contributed by atoms with Crippen LogP contribution in [0.4, 0.5) is 5.69 Å². The second kappa shape index (κ2) is 6.02. The number of rotatable bonds is 3. The lowest BCUT2D eigenvalue weighted by Crippen LogP contribution is -2.44. The smallest absolute Gasteiger partial charge is 0.0980 e. The molecule has 100 valence electrons. The van der Waals surface area contributed by atoms with Crippen LogP contribution in [0.15, 0.2) is 22.7 Å². The molecule has 3 N–H and O–H groups in total. The molecule has 4 nitrogen and oxygen atoms in total. The molecule has 0 bridgehead atoms. The van der Waals surface area contributed by atoms with E-state index in [0.29, 0.717) is 13.2 Å². The molecule has 1 aliphatic rings. The van der Waals surface area contributed by atoms with Crippen molar-refractivity contribution in [3.8, 4) is 0 Å². The molecular formula is C13H19BrN2O2. The molecule has 1 unspecified atom stereocenters. The van der Waals surface area contributed by atoms with E-state index in [-0.39, 0.29) is 18.8 Å². The van der Waals surface area contributed by atoms with Gasteiger partial charge in [0, 0.05) is 23.6 Å². The summed E-state index contributed by atoms with van der Waals surface area (Å²) in [7, 11) is 0. The minimum Gasteiger partial charge on any atom is -0.394 e. The van der Waals surface area contributed by atoms with E-state index < -0.39 is 0 Å². The molecule has 18 heavy (non-hydrogen) atoms. The predicted octanol–water partition coefficient (Wildman–Crippen LogP) is 1.67. The number of hydrogen-bond donors (Lipinski definition) is 2. The highest BCUT2D eigenvalue weighted by molar-refractivity contribution is 9.10. The Kier molecular flexibility index (Phi) is 4.61. The van der Waals surface area contributed by atoms with Crippen LogP contribution in [0.3, 0.4) is 0 Å². The van der Waals surface area contributed by atoms with Crippen LogP contribution in [0, 0.1) is 0 Å². The van der Waals surface area contributed by atoms with Gasteiger partial charge in [0.2, 0.25) is 0 Å². The van der Waals surface area contributed by atoms with Gasteiger partial charge in [0.1, 0.15) is 0 Å². The van der Waals surface area contributed by atoms with Gasteiger partial charge in [0.05, 0.1) is 25.0 Å². The molecule has 0 aromatic heterocycles. The lowest BCUT2D eigenvalue weighted by molar-refractivity contribution is 0.00353. The number of ether oxygens (including phenoxy) is 1. The maximum Gasteiger partial charge on any atom is 0.0980 e. The standard InChI is InChI=1S/C13H19BrN2O2/c1-9(15)10-2-3-13(12(14)6-10)16-4-5-18-11(7-16)8-17/h2-3,6,9,11,17H,4-5,7-8,15H2,1H3/t9-,11?/m0/s1. The predicted molar refractivity (Wildman–Crippen MR) is 75.8 cm³/mol. The first-order valence-corrected chi connectivity index (χ1v) is 6.93. The number of halogens is 1. The highest BCUT2D eigenvalue weighted by Gasteiger charge is 2.21. The Labute approximate surface area is 116 Å². The molecule has 0 saturated carbocycles. The first-order valence-electron chi connectivity index (χ1n) is 6.14. The number of benzene rings is 1. The normalized spacial score (nSPS) is 22.0. The van der Waals surface area contributed by atoms with Gasteiger partial charge in [-0.25, -0.2) is 0 Å². The molecule has 2 rings (SSSR count). The molecule has 0 amide bonds. The van der Waals surface area contributed by atoms with Gasteiger partial charge >= 0.3 is 0 Å². The van der Waals surface area contributed by atoms with Gasteiger partial charge < -0.3 is 20.5 Å². The zero-order chi connectivity index (χ0) is 13.1. The molecule has 1 aliphatic heterocycles. The number of aliphatic hydroxyl groups is 1. The summed E-state index contributed by atoms with van der Waals surface area (Å²) in [5, 5.41) is 9.16. The summed E-state index contributed by atoms with van der Waals surface area (Å²) >= 11 is 3.59. The maximum atomic E-state index is 9.16. The molecule has 0 radical (unpaired) electrons. The van der Waals surface area contributed by atoms with E-state index in [2.05, 4.69) is 33.0 Å². The topological polar surface area (TPSA) is 58.7 Å². The number of nitrogens with zero attached hydrogens (tertiary/aromatic N) is 1. The van der Waals surface area contributed by atoms with Crippen LogP contribution >= 0.6 is 15.9 Å². The van der Waals surface area contributed by atoms with Crippen molar-refractivity contribution < 1.29 is 9.84 Å². The first-order chi connectivity index (χ1) is 8.61. The quantitative estimate of drug-likeness (QED) is 0.891. The molecule has 1 saturated heterocycles. The van der Waals surface area contributed by atoms with Gasteiger partial charge in [0.25, 0.3) is 0 Å². The van der Waals surface area contributed by atoms with Crippen LogP contribution in [0.5, 0.6) is 0 Å².